The molecule has 0 saturated carbocycles. The number of anilines is 1. The number of rotatable bonds is 6. The summed E-state index contributed by atoms with van der Waals surface area (Å²) < 4.78 is 29.6. The Labute approximate surface area is 199 Å². The van der Waals surface area contributed by atoms with Gasteiger partial charge in [-0.3, -0.25) is 0 Å². The third-order valence-electron chi connectivity index (χ3n) is 5.57. The zero-order valence-electron chi connectivity index (χ0n) is 19.3. The van der Waals surface area contributed by atoms with Gasteiger partial charge >= 0.3 is 0 Å². The summed E-state index contributed by atoms with van der Waals surface area (Å²) in [6, 6.07) is 7.63. The second-order valence-electron chi connectivity index (χ2n) is 9.46. The lowest BCUT2D eigenvalue weighted by Crippen LogP contribution is -2.27. The monoisotopic (exact) mass is 494 g/mol. The van der Waals surface area contributed by atoms with E-state index in [1.165, 1.54) is 21.6 Å². The molecular weight excluding hydrogens is 466 g/mol. The van der Waals surface area contributed by atoms with Gasteiger partial charge in [0.25, 0.3) is 5.92 Å². The molecule has 0 bridgehead atoms. The molecule has 3 aromatic rings. The molecule has 1 atom stereocenters. The number of hydrogen-bond acceptors (Lipinski definition) is 8. The standard InChI is InChI=1S/C22H28F2N6OS2/c1-20(2,3)19-25-17(29-11-10-22(23,24)13-29)16-18(26-19)30(28-27-16)12-14-8-6-7-9-15(14)21(4,31)33-32-5/h6-9,31H,10-13H2,1-5H3. The van der Waals surface area contributed by atoms with E-state index in [2.05, 4.69) is 15.3 Å². The quantitative estimate of drug-likeness (QED) is 0.394. The molecule has 3 heterocycles. The minimum absolute atomic E-state index is 0.202. The molecule has 1 N–H and O–H groups in total. The van der Waals surface area contributed by atoms with E-state index in [1.54, 1.807) is 16.5 Å². The molecular formula is C22H28F2N6OS2. The van der Waals surface area contributed by atoms with Crippen LogP contribution in [0.3, 0.4) is 0 Å². The van der Waals surface area contributed by atoms with Crippen molar-refractivity contribution in [1.82, 2.24) is 25.0 Å². The van der Waals surface area contributed by atoms with Crippen LogP contribution in [0.5, 0.6) is 0 Å². The highest BCUT2D eigenvalue weighted by molar-refractivity contribution is 8.76. The zero-order chi connectivity index (χ0) is 24.0. The number of benzene rings is 1. The molecule has 1 aromatic carbocycles. The third kappa shape index (κ3) is 4.95. The van der Waals surface area contributed by atoms with E-state index in [0.29, 0.717) is 29.4 Å². The van der Waals surface area contributed by atoms with Gasteiger partial charge in [-0.1, -0.05) is 71.8 Å². The van der Waals surface area contributed by atoms with Crippen LogP contribution in [0.4, 0.5) is 14.6 Å². The van der Waals surface area contributed by atoms with Crippen LogP contribution in [0.1, 0.15) is 51.1 Å². The fourth-order valence-electron chi connectivity index (χ4n) is 3.90. The first-order valence-corrected chi connectivity index (χ1v) is 13.2. The van der Waals surface area contributed by atoms with Crippen LogP contribution in [0.2, 0.25) is 0 Å². The Kier molecular flexibility index (Phi) is 6.34. The van der Waals surface area contributed by atoms with Crippen molar-refractivity contribution < 1.29 is 13.9 Å². The zero-order valence-corrected chi connectivity index (χ0v) is 21.0. The molecule has 2 aromatic heterocycles. The summed E-state index contributed by atoms with van der Waals surface area (Å²) in [7, 11) is 2.85. The predicted molar refractivity (Wildman–Crippen MR) is 130 cm³/mol. The lowest BCUT2D eigenvalue weighted by molar-refractivity contribution is 0.0257. The normalized spacial score (nSPS) is 18.1. The Morgan fingerprint density at radius 1 is 1.15 bits per heavy atom. The molecule has 1 unspecified atom stereocenters. The van der Waals surface area contributed by atoms with Crippen LogP contribution < -0.4 is 4.90 Å². The highest BCUT2D eigenvalue weighted by Gasteiger charge is 2.40. The van der Waals surface area contributed by atoms with E-state index >= 15 is 0 Å². The number of hydrogen-bond donors (Lipinski definition) is 1. The minimum Gasteiger partial charge on any atom is -0.375 e. The number of aromatic nitrogens is 5. The molecule has 7 nitrogen and oxygen atoms in total. The van der Waals surface area contributed by atoms with Gasteiger partial charge in [-0.25, -0.2) is 23.4 Å². The number of halogens is 2. The Hall–Kier alpha value is -1.98. The summed E-state index contributed by atoms with van der Waals surface area (Å²) in [5.74, 6) is -1.82. The first-order valence-electron chi connectivity index (χ1n) is 10.7. The SMILES string of the molecule is CSSC(C)(O)c1ccccc1Cn1nnc2c(N3CCC(F)(F)C3)nc(C(C)(C)C)nc21. The average Bonchev–Trinajstić information content (AvgIpc) is 3.30. The number of aliphatic hydroxyl groups is 1. The maximum atomic E-state index is 14.0. The summed E-state index contributed by atoms with van der Waals surface area (Å²) in [6.45, 7) is 7.84. The molecule has 0 spiro atoms. The Bertz CT molecular complexity index is 1160. The lowest BCUT2D eigenvalue weighted by Gasteiger charge is -2.24. The van der Waals surface area contributed by atoms with Crippen molar-refractivity contribution in [3.63, 3.8) is 0 Å². The van der Waals surface area contributed by atoms with E-state index in [-0.39, 0.29) is 13.0 Å². The molecule has 4 rings (SSSR count). The smallest absolute Gasteiger partial charge is 0.266 e. The van der Waals surface area contributed by atoms with E-state index < -0.39 is 22.8 Å². The van der Waals surface area contributed by atoms with Crippen molar-refractivity contribution in [2.45, 2.75) is 56.9 Å². The molecule has 0 radical (unpaired) electrons. The molecule has 1 aliphatic rings. The average molecular weight is 495 g/mol. The lowest BCUT2D eigenvalue weighted by atomic mass is 9.96. The van der Waals surface area contributed by atoms with Crippen LogP contribution in [-0.4, -0.2) is 55.3 Å². The summed E-state index contributed by atoms with van der Waals surface area (Å²) in [5.41, 5.74) is 2.16. The molecule has 33 heavy (non-hydrogen) atoms. The van der Waals surface area contributed by atoms with Crippen LogP contribution in [-0.2, 0) is 16.9 Å². The summed E-state index contributed by atoms with van der Waals surface area (Å²) in [5, 5.41) is 19.6. The first-order chi connectivity index (χ1) is 15.4. The topological polar surface area (TPSA) is 80.0 Å². The fraction of sp³-hybridized carbons (Fsp3) is 0.545. The van der Waals surface area contributed by atoms with Crippen molar-refractivity contribution in [3.8, 4) is 0 Å². The largest absolute Gasteiger partial charge is 0.375 e. The highest BCUT2D eigenvalue weighted by Crippen LogP contribution is 2.41. The molecule has 11 heteroatoms. The molecule has 1 saturated heterocycles. The van der Waals surface area contributed by atoms with E-state index in [0.717, 1.165) is 11.1 Å². The molecule has 1 aliphatic heterocycles. The van der Waals surface area contributed by atoms with Crippen LogP contribution in [0.15, 0.2) is 24.3 Å². The van der Waals surface area contributed by atoms with Gasteiger partial charge in [0.15, 0.2) is 17.0 Å². The predicted octanol–water partition coefficient (Wildman–Crippen LogP) is 4.59. The highest BCUT2D eigenvalue weighted by atomic mass is 33.1. The van der Waals surface area contributed by atoms with Crippen LogP contribution in [0, 0.1) is 0 Å². The van der Waals surface area contributed by atoms with Gasteiger partial charge in [0.05, 0.1) is 13.1 Å². The van der Waals surface area contributed by atoms with E-state index in [1.807, 2.05) is 51.3 Å². The summed E-state index contributed by atoms with van der Waals surface area (Å²) in [6.07, 6.45) is 1.70. The van der Waals surface area contributed by atoms with Gasteiger partial charge in [-0.2, -0.15) is 0 Å². The van der Waals surface area contributed by atoms with Gasteiger partial charge in [0, 0.05) is 18.4 Å². The second kappa shape index (κ2) is 8.66. The van der Waals surface area contributed by atoms with E-state index in [4.69, 9.17) is 4.98 Å². The van der Waals surface area contributed by atoms with Crippen LogP contribution >= 0.6 is 21.6 Å². The maximum Gasteiger partial charge on any atom is 0.266 e. The molecule has 1 fully saturated rings. The van der Waals surface area contributed by atoms with Crippen molar-refractivity contribution in [3.05, 3.63) is 41.2 Å². The molecule has 0 amide bonds. The summed E-state index contributed by atoms with van der Waals surface area (Å²) in [4.78, 5) is 9.86. The van der Waals surface area contributed by atoms with Gasteiger partial charge in [0.1, 0.15) is 10.8 Å². The fourth-order valence-corrected chi connectivity index (χ4v) is 5.76. The summed E-state index contributed by atoms with van der Waals surface area (Å²) >= 11 is 0. The van der Waals surface area contributed by atoms with Crippen molar-refractivity contribution in [2.24, 2.45) is 0 Å². The van der Waals surface area contributed by atoms with Gasteiger partial charge in [0.2, 0.25) is 0 Å². The van der Waals surface area contributed by atoms with Gasteiger partial charge in [-0.05, 0) is 24.3 Å². The molecule has 0 aliphatic carbocycles. The van der Waals surface area contributed by atoms with Crippen LogP contribution in [0.25, 0.3) is 11.2 Å². The Morgan fingerprint density at radius 2 is 1.88 bits per heavy atom. The van der Waals surface area contributed by atoms with Gasteiger partial charge in [-0.15, -0.1) is 5.10 Å². The number of alkyl halides is 2. The second-order valence-corrected chi connectivity index (χ2v) is 12.3. The maximum absolute atomic E-state index is 14.0. The molecule has 178 valence electrons. The van der Waals surface area contributed by atoms with Crippen molar-refractivity contribution in [2.75, 3.05) is 24.2 Å². The number of nitrogens with zero attached hydrogens (tertiary/aromatic N) is 6. The van der Waals surface area contributed by atoms with Crippen molar-refractivity contribution >= 4 is 38.6 Å². The minimum atomic E-state index is -2.76. The third-order valence-corrected chi connectivity index (χ3v) is 7.75. The Balaban J connectivity index is 1.81. The first kappa shape index (κ1) is 24.2. The number of fused-ring (bicyclic) bond motifs is 1. The van der Waals surface area contributed by atoms with Gasteiger partial charge < -0.3 is 10.0 Å². The Morgan fingerprint density at radius 3 is 2.52 bits per heavy atom. The van der Waals surface area contributed by atoms with E-state index in [9.17, 15) is 13.9 Å². The van der Waals surface area contributed by atoms with Crippen molar-refractivity contribution in [1.29, 1.82) is 0 Å².